The Kier molecular flexibility index (Phi) is 4.00. The quantitative estimate of drug-likeness (QED) is 0.760. The van der Waals surface area contributed by atoms with Gasteiger partial charge in [0, 0.05) is 11.1 Å². The lowest BCUT2D eigenvalue weighted by Gasteiger charge is -2.55. The lowest BCUT2D eigenvalue weighted by Crippen LogP contribution is -2.48. The van der Waals surface area contributed by atoms with Crippen LogP contribution in [0.15, 0.2) is 18.2 Å². The fraction of sp³-hybridized carbons (Fsp3) is 0.571. The highest BCUT2D eigenvalue weighted by molar-refractivity contribution is 7.15. The first-order valence-corrected chi connectivity index (χ1v) is 10.8. The van der Waals surface area contributed by atoms with Crippen molar-refractivity contribution in [1.29, 1.82) is 0 Å². The smallest absolute Gasteiger partial charge is 0.308 e. The van der Waals surface area contributed by atoms with Crippen molar-refractivity contribution in [3.05, 3.63) is 34.3 Å². The third kappa shape index (κ3) is 3.14. The highest BCUT2D eigenvalue weighted by Gasteiger charge is 2.53. The van der Waals surface area contributed by atoms with Gasteiger partial charge in [-0.15, -0.1) is 10.2 Å². The molecule has 2 aromatic rings. The van der Waals surface area contributed by atoms with Crippen molar-refractivity contribution in [2.75, 3.05) is 10.6 Å². The summed E-state index contributed by atoms with van der Waals surface area (Å²) in [5.41, 5.74) is 3.40. The number of nitrogens with one attached hydrogen (secondary N) is 2. The highest BCUT2D eigenvalue weighted by atomic mass is 32.1. The van der Waals surface area contributed by atoms with E-state index in [9.17, 15) is 4.79 Å². The molecule has 142 valence electrons. The van der Waals surface area contributed by atoms with Gasteiger partial charge in [-0.2, -0.15) is 0 Å². The fourth-order valence-electron chi connectivity index (χ4n) is 5.94. The molecule has 27 heavy (non-hydrogen) atoms. The first-order valence-electron chi connectivity index (χ1n) is 9.98. The second-order valence-electron chi connectivity index (χ2n) is 8.99. The lowest BCUT2D eigenvalue weighted by atomic mass is 9.50. The van der Waals surface area contributed by atoms with Gasteiger partial charge < -0.3 is 5.32 Å². The van der Waals surface area contributed by atoms with Crippen LogP contribution in [0.5, 0.6) is 0 Å². The van der Waals surface area contributed by atoms with Crippen LogP contribution in [0.2, 0.25) is 0 Å². The van der Waals surface area contributed by atoms with Crippen molar-refractivity contribution >= 4 is 28.2 Å². The Balaban J connectivity index is 1.28. The molecule has 1 aromatic carbocycles. The summed E-state index contributed by atoms with van der Waals surface area (Å²) in [6.07, 6.45) is 8.05. The third-order valence-electron chi connectivity index (χ3n) is 6.90. The van der Waals surface area contributed by atoms with Crippen LogP contribution in [0.1, 0.15) is 54.7 Å². The maximum absolute atomic E-state index is 12.4. The number of aromatic nitrogens is 2. The Morgan fingerprint density at radius 1 is 1.00 bits per heavy atom. The molecule has 1 aromatic heterocycles. The molecule has 2 amide bonds. The molecule has 0 unspecified atom stereocenters. The van der Waals surface area contributed by atoms with E-state index in [4.69, 9.17) is 0 Å². The van der Waals surface area contributed by atoms with Crippen LogP contribution in [0, 0.1) is 31.6 Å². The summed E-state index contributed by atoms with van der Waals surface area (Å²) in [6.45, 7) is 4.10. The zero-order valence-electron chi connectivity index (χ0n) is 15.9. The second kappa shape index (κ2) is 6.30. The van der Waals surface area contributed by atoms with Gasteiger partial charge in [0.1, 0.15) is 5.01 Å². The number of benzene rings is 1. The zero-order chi connectivity index (χ0) is 18.6. The largest absolute Gasteiger partial charge is 0.325 e. The number of amides is 2. The van der Waals surface area contributed by atoms with Gasteiger partial charge in [-0.25, -0.2) is 4.79 Å². The second-order valence-corrected chi connectivity index (χ2v) is 9.97. The van der Waals surface area contributed by atoms with Gasteiger partial charge >= 0.3 is 6.03 Å². The van der Waals surface area contributed by atoms with E-state index in [1.807, 2.05) is 25.1 Å². The number of urea groups is 1. The van der Waals surface area contributed by atoms with Crippen molar-refractivity contribution in [2.24, 2.45) is 17.8 Å². The van der Waals surface area contributed by atoms with Gasteiger partial charge in [0.05, 0.1) is 0 Å². The van der Waals surface area contributed by atoms with Gasteiger partial charge in [0.25, 0.3) is 0 Å². The van der Waals surface area contributed by atoms with E-state index >= 15 is 0 Å². The van der Waals surface area contributed by atoms with E-state index in [-0.39, 0.29) is 11.4 Å². The summed E-state index contributed by atoms with van der Waals surface area (Å²) in [6, 6.07) is 5.66. The van der Waals surface area contributed by atoms with Gasteiger partial charge in [-0.1, -0.05) is 17.4 Å². The van der Waals surface area contributed by atoms with E-state index in [1.54, 1.807) is 11.3 Å². The molecule has 4 aliphatic carbocycles. The van der Waals surface area contributed by atoms with Gasteiger partial charge in [0.15, 0.2) is 0 Å². The maximum Gasteiger partial charge on any atom is 0.325 e. The van der Waals surface area contributed by atoms with Gasteiger partial charge in [-0.3, -0.25) is 5.32 Å². The minimum Gasteiger partial charge on any atom is -0.308 e. The van der Waals surface area contributed by atoms with Crippen molar-refractivity contribution in [3.8, 4) is 0 Å². The van der Waals surface area contributed by atoms with E-state index in [0.29, 0.717) is 5.13 Å². The first-order chi connectivity index (χ1) is 13.0. The van der Waals surface area contributed by atoms with Crippen molar-refractivity contribution in [1.82, 2.24) is 10.2 Å². The number of hydrogen-bond acceptors (Lipinski definition) is 4. The average molecular weight is 383 g/mol. The van der Waals surface area contributed by atoms with E-state index in [0.717, 1.165) is 34.0 Å². The number of aryl methyl sites for hydroxylation is 2. The number of anilines is 2. The predicted molar refractivity (Wildman–Crippen MR) is 108 cm³/mol. The molecule has 5 nitrogen and oxygen atoms in total. The fourth-order valence-corrected chi connectivity index (χ4v) is 6.90. The highest BCUT2D eigenvalue weighted by Crippen LogP contribution is 2.61. The van der Waals surface area contributed by atoms with Crippen LogP contribution in [0.4, 0.5) is 15.6 Å². The monoisotopic (exact) mass is 382 g/mol. The minimum absolute atomic E-state index is 0.233. The van der Waals surface area contributed by atoms with E-state index < -0.39 is 0 Å². The Hall–Kier alpha value is -1.95. The molecule has 0 aliphatic heterocycles. The molecule has 0 spiro atoms. The van der Waals surface area contributed by atoms with Crippen molar-refractivity contribution in [2.45, 2.75) is 57.8 Å². The molecular formula is C21H26N4OS. The van der Waals surface area contributed by atoms with Crippen LogP contribution in [-0.2, 0) is 5.41 Å². The Bertz CT molecular complexity index is 855. The van der Waals surface area contributed by atoms with Crippen molar-refractivity contribution in [3.63, 3.8) is 0 Å². The molecular weight excluding hydrogens is 356 g/mol. The predicted octanol–water partition coefficient (Wildman–Crippen LogP) is 5.27. The maximum atomic E-state index is 12.4. The van der Waals surface area contributed by atoms with E-state index in [1.165, 1.54) is 44.1 Å². The van der Waals surface area contributed by atoms with Crippen LogP contribution in [0.3, 0.4) is 0 Å². The normalized spacial score (nSPS) is 31.1. The topological polar surface area (TPSA) is 66.9 Å². The first kappa shape index (κ1) is 17.2. The summed E-state index contributed by atoms with van der Waals surface area (Å²) in [7, 11) is 0. The zero-order valence-corrected chi connectivity index (χ0v) is 16.7. The number of carbonyl (C=O) groups is 1. The standard InChI is InChI=1S/C21H26N4OS/c1-12-3-4-17(5-13(12)2)22-19(26)23-20-25-24-18(27-20)21-9-14-6-15(10-21)8-16(7-14)11-21/h3-5,14-16H,6-11H2,1-2H3,(H2,22,23,25,26). The molecule has 2 N–H and O–H groups in total. The van der Waals surface area contributed by atoms with Crippen LogP contribution in [-0.4, -0.2) is 16.2 Å². The SMILES string of the molecule is Cc1ccc(NC(=O)Nc2nnc(C34CC5CC(CC(C5)C3)C4)s2)cc1C. The molecule has 4 bridgehead atoms. The number of carbonyl (C=O) groups excluding carboxylic acids is 1. The third-order valence-corrected chi connectivity index (χ3v) is 7.99. The molecule has 0 atom stereocenters. The van der Waals surface area contributed by atoms with Gasteiger partial charge in [0.2, 0.25) is 5.13 Å². The molecule has 6 rings (SSSR count). The Morgan fingerprint density at radius 3 is 2.30 bits per heavy atom. The summed E-state index contributed by atoms with van der Waals surface area (Å²) in [5, 5.41) is 16.3. The van der Waals surface area contributed by atoms with Crippen LogP contribution < -0.4 is 10.6 Å². The molecule has 0 radical (unpaired) electrons. The Labute approximate surface area is 164 Å². The van der Waals surface area contributed by atoms with Gasteiger partial charge in [-0.05, 0) is 93.4 Å². The summed E-state index contributed by atoms with van der Waals surface area (Å²) < 4.78 is 0. The van der Waals surface area contributed by atoms with Crippen LogP contribution in [0.25, 0.3) is 0 Å². The minimum atomic E-state index is -0.258. The summed E-state index contributed by atoms with van der Waals surface area (Å²) in [4.78, 5) is 12.4. The summed E-state index contributed by atoms with van der Waals surface area (Å²) >= 11 is 1.57. The molecule has 4 aliphatic rings. The Morgan fingerprint density at radius 2 is 1.67 bits per heavy atom. The van der Waals surface area contributed by atoms with Crippen molar-refractivity contribution < 1.29 is 4.79 Å². The number of nitrogens with zero attached hydrogens (tertiary/aromatic N) is 2. The molecule has 4 saturated carbocycles. The number of rotatable bonds is 3. The summed E-state index contributed by atoms with van der Waals surface area (Å²) in [5.74, 6) is 2.64. The van der Waals surface area contributed by atoms with Crippen LogP contribution >= 0.6 is 11.3 Å². The van der Waals surface area contributed by atoms with E-state index in [2.05, 4.69) is 27.8 Å². The average Bonchev–Trinajstić information content (AvgIpc) is 3.06. The molecule has 6 heteroatoms. The molecule has 1 heterocycles. The molecule has 0 saturated heterocycles. The number of hydrogen-bond donors (Lipinski definition) is 2. The molecule has 4 fully saturated rings. The lowest BCUT2D eigenvalue weighted by molar-refractivity contribution is -0.00555.